The molecule has 8 rings (SSSR count). The van der Waals surface area contributed by atoms with Crippen molar-refractivity contribution < 1.29 is 20.2 Å². The number of aromatic hydroxyl groups is 1. The Kier molecular flexibility index (Phi) is 8.08. The van der Waals surface area contributed by atoms with Gasteiger partial charge in [0.25, 0.3) is 0 Å². The molecule has 4 heteroatoms. The van der Waals surface area contributed by atoms with E-state index in [1.807, 2.05) is 76.2 Å². The molecule has 0 bridgehead atoms. The van der Waals surface area contributed by atoms with Crippen LogP contribution in [-0.4, -0.2) is 19.6 Å². The Morgan fingerprint density at radius 3 is 2.05 bits per heavy atom. The second kappa shape index (κ2) is 16.1. The largest absolute Gasteiger partial charge is 0.507 e. The summed E-state index contributed by atoms with van der Waals surface area (Å²) in [5.74, 6) is -0.399. The first-order valence-corrected chi connectivity index (χ1v) is 21.5. The number of rotatable bonds is 7. The van der Waals surface area contributed by atoms with E-state index in [0.717, 1.165) is 57.1 Å². The van der Waals surface area contributed by atoms with E-state index in [0.29, 0.717) is 33.7 Å². The Bertz CT molecular complexity index is 3490. The monoisotopic (exact) mass is 841 g/mol. The van der Waals surface area contributed by atoms with Crippen molar-refractivity contribution in [2.45, 2.75) is 112 Å². The van der Waals surface area contributed by atoms with E-state index in [4.69, 9.17) is 23.7 Å². The van der Waals surface area contributed by atoms with Crippen molar-refractivity contribution >= 4 is 11.0 Å². The van der Waals surface area contributed by atoms with Gasteiger partial charge in [-0.3, -0.25) is 9.55 Å². The van der Waals surface area contributed by atoms with Crippen LogP contribution in [0, 0.1) is 13.8 Å². The molecule has 63 heavy (non-hydrogen) atoms. The standard InChI is InChI=1S/C59H63N3O/c1-36(2)49-35-45(25-26-47(49)48-17-14-15-19-51(48)59(11,12)13)62-53-20-16-18-46(54(53)61-56(62)50-30-37(3)29-38(4)55(50)63)41-31-42(33-44(32-41)58(8,9)10)52-34-40(27-28-60-52)39-21-23-43(24-22-39)57(5,6)7/h14-36,63H,1-13H3/i5D3,6D3,21D,22D,23D,24D,36D. The molecule has 0 saturated heterocycles. The molecule has 0 atom stereocenters. The van der Waals surface area contributed by atoms with Gasteiger partial charge < -0.3 is 5.11 Å². The Morgan fingerprint density at radius 2 is 1.35 bits per heavy atom. The Hall–Kier alpha value is -6.26. The molecule has 1 N–H and O–H groups in total. The molecule has 4 nitrogen and oxygen atoms in total. The molecule has 0 fully saturated rings. The van der Waals surface area contributed by atoms with Gasteiger partial charge in [0.15, 0.2) is 0 Å². The van der Waals surface area contributed by atoms with Crippen molar-refractivity contribution in [1.29, 1.82) is 0 Å². The highest BCUT2D eigenvalue weighted by Gasteiger charge is 2.25. The van der Waals surface area contributed by atoms with E-state index in [1.165, 1.54) is 11.8 Å². The molecule has 2 heterocycles. The van der Waals surface area contributed by atoms with Crippen molar-refractivity contribution in [3.63, 3.8) is 0 Å². The summed E-state index contributed by atoms with van der Waals surface area (Å²) in [6.07, 6.45) is 1.51. The van der Waals surface area contributed by atoms with Crippen molar-refractivity contribution in [2.75, 3.05) is 0 Å². The van der Waals surface area contributed by atoms with E-state index in [1.54, 1.807) is 12.1 Å². The highest BCUT2D eigenvalue weighted by molar-refractivity contribution is 5.97. The Labute approximate surface area is 391 Å². The fourth-order valence-corrected chi connectivity index (χ4v) is 8.41. The van der Waals surface area contributed by atoms with E-state index >= 15 is 0 Å². The lowest BCUT2D eigenvalue weighted by Gasteiger charge is -2.25. The number of para-hydroxylation sites is 1. The van der Waals surface area contributed by atoms with Crippen LogP contribution in [0.4, 0.5) is 0 Å². The third-order valence-corrected chi connectivity index (χ3v) is 11.8. The smallest absolute Gasteiger partial charge is 0.149 e. The first kappa shape index (κ1) is 31.6. The van der Waals surface area contributed by atoms with Gasteiger partial charge in [-0.1, -0.05) is 155 Å². The van der Waals surface area contributed by atoms with Crippen molar-refractivity contribution in [3.8, 4) is 67.5 Å². The first-order valence-electron chi connectivity index (χ1n) is 27.0. The zero-order chi connectivity index (χ0) is 54.6. The topological polar surface area (TPSA) is 50.9 Å². The SMILES string of the molecule is [2H]c1c([2H])c(C(C)(C([2H])([2H])[2H])C([2H])([2H])[2H])c([2H])c([2H])c1-c1ccnc(-c2cc(-c3cccc4c3nc(-c3cc(C)cc(C)c3O)n4-c3ccc(-c4ccccc4C(C)(C)C)c(C([2H])(C)C)c3)cc(C(C)(C)C)c2)c1. The average Bonchev–Trinajstić information content (AvgIpc) is 3.70. The average molecular weight is 841 g/mol. The van der Waals surface area contributed by atoms with Crippen LogP contribution in [0.5, 0.6) is 5.75 Å². The number of aryl methyl sites for hydroxylation is 2. The number of benzene rings is 6. The number of phenols is 1. The number of pyridine rings is 1. The van der Waals surface area contributed by atoms with Crippen LogP contribution in [-0.2, 0) is 16.2 Å². The van der Waals surface area contributed by atoms with Gasteiger partial charge in [-0.15, -0.1) is 0 Å². The number of aromatic nitrogens is 3. The summed E-state index contributed by atoms with van der Waals surface area (Å²) in [6, 6.07) is 31.1. The molecule has 0 amide bonds. The van der Waals surface area contributed by atoms with Crippen LogP contribution in [0.15, 0.2) is 133 Å². The second-order valence-corrected chi connectivity index (χ2v) is 19.3. The molecule has 0 aliphatic carbocycles. The van der Waals surface area contributed by atoms with Crippen LogP contribution < -0.4 is 0 Å². The predicted molar refractivity (Wildman–Crippen MR) is 267 cm³/mol. The van der Waals surface area contributed by atoms with Crippen LogP contribution in [0.2, 0.25) is 0 Å². The fraction of sp³-hybridized carbons (Fsp3) is 0.288. The Morgan fingerprint density at radius 1 is 0.635 bits per heavy atom. The Balaban J connectivity index is 1.36. The summed E-state index contributed by atoms with van der Waals surface area (Å²) in [5, 5.41) is 11.8. The van der Waals surface area contributed by atoms with E-state index in [9.17, 15) is 6.48 Å². The molecular weight excluding hydrogens is 767 g/mol. The van der Waals surface area contributed by atoms with Gasteiger partial charge >= 0.3 is 0 Å². The van der Waals surface area contributed by atoms with E-state index in [2.05, 4.69) is 88.6 Å². The number of nitrogens with zero attached hydrogens (tertiary/aromatic N) is 3. The molecule has 6 aromatic carbocycles. The van der Waals surface area contributed by atoms with Gasteiger partial charge in [-0.2, -0.15) is 0 Å². The molecule has 0 radical (unpaired) electrons. The minimum Gasteiger partial charge on any atom is -0.507 e. The molecule has 320 valence electrons. The van der Waals surface area contributed by atoms with Gasteiger partial charge in [0.05, 0.1) is 27.8 Å². The van der Waals surface area contributed by atoms with Crippen molar-refractivity contribution in [1.82, 2.24) is 14.5 Å². The maximum atomic E-state index is 11.8. The van der Waals surface area contributed by atoms with Gasteiger partial charge in [0.2, 0.25) is 0 Å². The molecule has 0 unspecified atom stereocenters. The number of phenolic OH excluding ortho intramolecular Hbond substituents is 1. The highest BCUT2D eigenvalue weighted by Crippen LogP contribution is 2.43. The molecule has 0 spiro atoms. The second-order valence-electron chi connectivity index (χ2n) is 19.3. The zero-order valence-corrected chi connectivity index (χ0v) is 38.2. The summed E-state index contributed by atoms with van der Waals surface area (Å²) < 4.78 is 96.9. The summed E-state index contributed by atoms with van der Waals surface area (Å²) in [6.45, 7) is 15.1. The number of fused-ring (bicyclic) bond motifs is 1. The molecule has 0 aliphatic rings. The minimum atomic E-state index is -3.19. The summed E-state index contributed by atoms with van der Waals surface area (Å²) >= 11 is 0. The van der Waals surface area contributed by atoms with E-state index in [-0.39, 0.29) is 27.7 Å². The lowest BCUT2D eigenvalue weighted by atomic mass is 9.80. The summed E-state index contributed by atoms with van der Waals surface area (Å²) in [5.41, 5.74) is 8.27. The van der Waals surface area contributed by atoms with Gasteiger partial charge in [-0.25, -0.2) is 4.98 Å². The normalized spacial score (nSPS) is 15.5. The first-order chi connectivity index (χ1) is 34.2. The molecule has 8 aromatic rings. The quantitative estimate of drug-likeness (QED) is 0.174. The molecule has 0 saturated carbocycles. The zero-order valence-electron chi connectivity index (χ0n) is 49.2. The molecular formula is C59H63N3O. The maximum absolute atomic E-state index is 11.8. The lowest BCUT2D eigenvalue weighted by molar-refractivity contribution is 0.472. The van der Waals surface area contributed by atoms with Crippen LogP contribution in [0.3, 0.4) is 0 Å². The maximum Gasteiger partial charge on any atom is 0.149 e. The van der Waals surface area contributed by atoms with Crippen molar-refractivity contribution in [2.24, 2.45) is 0 Å². The predicted octanol–water partition coefficient (Wildman–Crippen LogP) is 16.1. The van der Waals surface area contributed by atoms with Crippen LogP contribution in [0.1, 0.15) is 130 Å². The third kappa shape index (κ3) is 8.48. The molecule has 2 aromatic heterocycles. The summed E-state index contributed by atoms with van der Waals surface area (Å²) in [7, 11) is 0. The third-order valence-electron chi connectivity index (χ3n) is 11.8. The van der Waals surface area contributed by atoms with Gasteiger partial charge in [0.1, 0.15) is 11.6 Å². The number of imidazole rings is 1. The lowest BCUT2D eigenvalue weighted by Crippen LogP contribution is -2.13. The van der Waals surface area contributed by atoms with E-state index < -0.39 is 54.7 Å². The highest BCUT2D eigenvalue weighted by atomic mass is 16.3. The van der Waals surface area contributed by atoms with Crippen LogP contribution in [0.25, 0.3) is 72.7 Å². The number of hydrogen-bond acceptors (Lipinski definition) is 3. The minimum absolute atomic E-state index is 0.105. The number of hydrogen-bond donors (Lipinski definition) is 1. The van der Waals surface area contributed by atoms with Crippen molar-refractivity contribution in [3.05, 3.63) is 167 Å². The van der Waals surface area contributed by atoms with Gasteiger partial charge in [-0.05, 0) is 146 Å². The summed E-state index contributed by atoms with van der Waals surface area (Å²) in [4.78, 5) is 10.2. The fourth-order valence-electron chi connectivity index (χ4n) is 8.41. The van der Waals surface area contributed by atoms with Gasteiger partial charge in [0, 0.05) is 32.6 Å². The van der Waals surface area contributed by atoms with Crippen LogP contribution >= 0.6 is 0 Å². The molecule has 0 aliphatic heterocycles.